The van der Waals surface area contributed by atoms with Crippen LogP contribution in [0.1, 0.15) is 51.9 Å². The molecule has 4 nitrogen and oxygen atoms in total. The lowest BCUT2D eigenvalue weighted by Crippen LogP contribution is -2.55. The summed E-state index contributed by atoms with van der Waals surface area (Å²) in [4.78, 5) is 25.4. The molecule has 102 valence electrons. The van der Waals surface area contributed by atoms with Crippen LogP contribution in [0.25, 0.3) is 0 Å². The van der Waals surface area contributed by atoms with Crippen molar-refractivity contribution in [2.75, 3.05) is 13.1 Å². The molecule has 0 spiro atoms. The zero-order chi connectivity index (χ0) is 13.0. The highest BCUT2D eigenvalue weighted by Crippen LogP contribution is 2.25. The van der Waals surface area contributed by atoms with Crippen molar-refractivity contribution in [1.29, 1.82) is 0 Å². The Morgan fingerprint density at radius 3 is 3.00 bits per heavy atom. The zero-order valence-corrected chi connectivity index (χ0v) is 11.3. The van der Waals surface area contributed by atoms with Crippen LogP contribution < -0.4 is 5.32 Å². The summed E-state index contributed by atoms with van der Waals surface area (Å²) in [6, 6.07) is 0.311. The molecule has 2 aliphatic rings. The maximum atomic E-state index is 12.1. The average Bonchev–Trinajstić information content (AvgIpc) is 2.38. The van der Waals surface area contributed by atoms with Crippen molar-refractivity contribution in [3.05, 3.63) is 0 Å². The normalized spacial score (nSPS) is 27.6. The van der Waals surface area contributed by atoms with Gasteiger partial charge >= 0.3 is 0 Å². The van der Waals surface area contributed by atoms with E-state index in [1.807, 2.05) is 4.90 Å². The Balaban J connectivity index is 1.79. The van der Waals surface area contributed by atoms with Crippen LogP contribution in [-0.4, -0.2) is 35.8 Å². The lowest BCUT2D eigenvalue weighted by atomic mass is 9.85. The fourth-order valence-corrected chi connectivity index (χ4v) is 3.02. The van der Waals surface area contributed by atoms with E-state index >= 15 is 0 Å². The Kier molecular flexibility index (Phi) is 4.61. The first-order valence-corrected chi connectivity index (χ1v) is 7.28. The summed E-state index contributed by atoms with van der Waals surface area (Å²) in [5, 5.41) is 3.05. The summed E-state index contributed by atoms with van der Waals surface area (Å²) in [5.74, 6) is 0.962. The third-order valence-electron chi connectivity index (χ3n) is 4.17. The van der Waals surface area contributed by atoms with E-state index in [9.17, 15) is 9.59 Å². The first-order valence-electron chi connectivity index (χ1n) is 7.28. The van der Waals surface area contributed by atoms with Crippen LogP contribution >= 0.6 is 0 Å². The maximum absolute atomic E-state index is 12.1. The van der Waals surface area contributed by atoms with Crippen molar-refractivity contribution < 1.29 is 9.59 Å². The molecule has 2 unspecified atom stereocenters. The Labute approximate surface area is 109 Å². The number of hydrogen-bond donors (Lipinski definition) is 1. The van der Waals surface area contributed by atoms with Gasteiger partial charge in [-0.3, -0.25) is 9.59 Å². The van der Waals surface area contributed by atoms with Gasteiger partial charge in [-0.25, -0.2) is 0 Å². The third kappa shape index (κ3) is 3.24. The van der Waals surface area contributed by atoms with Crippen molar-refractivity contribution in [2.45, 2.75) is 57.9 Å². The molecule has 1 N–H and O–H groups in total. The highest BCUT2D eigenvalue weighted by Gasteiger charge is 2.34. The van der Waals surface area contributed by atoms with E-state index in [2.05, 4.69) is 12.2 Å². The Bertz CT molecular complexity index is 317. The predicted octanol–water partition coefficient (Wildman–Crippen LogP) is 1.69. The number of hydrogen-bond acceptors (Lipinski definition) is 2. The minimum absolute atomic E-state index is 0.180. The molecule has 18 heavy (non-hydrogen) atoms. The molecule has 2 fully saturated rings. The molecule has 4 heteroatoms. The molecule has 0 saturated carbocycles. The number of carbonyl (C=O) groups excluding carboxylic acids is 2. The van der Waals surface area contributed by atoms with Crippen molar-refractivity contribution in [1.82, 2.24) is 10.2 Å². The number of fused-ring (bicyclic) bond motifs is 1. The molecule has 2 atom stereocenters. The second-order valence-electron chi connectivity index (χ2n) is 5.56. The van der Waals surface area contributed by atoms with Crippen molar-refractivity contribution in [3.63, 3.8) is 0 Å². The second kappa shape index (κ2) is 6.21. The molecule has 0 aromatic heterocycles. The van der Waals surface area contributed by atoms with Crippen LogP contribution in [0.15, 0.2) is 0 Å². The minimum atomic E-state index is 0.180. The van der Waals surface area contributed by atoms with E-state index < -0.39 is 0 Å². The van der Waals surface area contributed by atoms with E-state index in [1.54, 1.807) is 0 Å². The molecule has 0 aliphatic carbocycles. The molecule has 0 aromatic rings. The van der Waals surface area contributed by atoms with Gasteiger partial charge in [-0.15, -0.1) is 0 Å². The average molecular weight is 252 g/mol. The predicted molar refractivity (Wildman–Crippen MR) is 70.0 cm³/mol. The summed E-state index contributed by atoms with van der Waals surface area (Å²) >= 11 is 0. The third-order valence-corrected chi connectivity index (χ3v) is 4.17. The summed E-state index contributed by atoms with van der Waals surface area (Å²) in [5.41, 5.74) is 0. The standard InChI is InChI=1S/C14H24N2O2/c1-2-3-4-5-14(18)16-9-8-12-11(10-16)6-7-13(17)15-12/h11-12H,2-10H2,1H3,(H,15,17). The van der Waals surface area contributed by atoms with Gasteiger partial charge in [-0.05, 0) is 25.2 Å². The van der Waals surface area contributed by atoms with Gasteiger partial charge in [0, 0.05) is 32.0 Å². The minimum Gasteiger partial charge on any atom is -0.353 e. The molecule has 0 aromatic carbocycles. The molecule has 0 bridgehead atoms. The highest BCUT2D eigenvalue weighted by atomic mass is 16.2. The van der Waals surface area contributed by atoms with E-state index in [0.29, 0.717) is 30.7 Å². The van der Waals surface area contributed by atoms with Gasteiger partial charge in [0.2, 0.25) is 11.8 Å². The SMILES string of the molecule is CCCCCC(=O)N1CCC2NC(=O)CCC2C1. The van der Waals surface area contributed by atoms with E-state index in [4.69, 9.17) is 0 Å². The molecular weight excluding hydrogens is 228 g/mol. The van der Waals surface area contributed by atoms with Crippen LogP contribution in [0.5, 0.6) is 0 Å². The van der Waals surface area contributed by atoms with Crippen LogP contribution in [0.3, 0.4) is 0 Å². The number of likely N-dealkylation sites (tertiary alicyclic amines) is 1. The van der Waals surface area contributed by atoms with Gasteiger partial charge in [0.15, 0.2) is 0 Å². The maximum Gasteiger partial charge on any atom is 0.222 e. The van der Waals surface area contributed by atoms with Crippen molar-refractivity contribution >= 4 is 11.8 Å². The van der Waals surface area contributed by atoms with Crippen LogP contribution in [0, 0.1) is 5.92 Å². The lowest BCUT2D eigenvalue weighted by Gasteiger charge is -2.41. The summed E-state index contributed by atoms with van der Waals surface area (Å²) < 4.78 is 0. The smallest absolute Gasteiger partial charge is 0.222 e. The second-order valence-corrected chi connectivity index (χ2v) is 5.56. The van der Waals surface area contributed by atoms with Gasteiger partial charge in [-0.1, -0.05) is 19.8 Å². The van der Waals surface area contributed by atoms with Gasteiger partial charge in [0.25, 0.3) is 0 Å². The quantitative estimate of drug-likeness (QED) is 0.774. The largest absolute Gasteiger partial charge is 0.353 e. The first-order chi connectivity index (χ1) is 8.70. The molecule has 2 saturated heterocycles. The van der Waals surface area contributed by atoms with Crippen LogP contribution in [-0.2, 0) is 9.59 Å². The van der Waals surface area contributed by atoms with E-state index in [-0.39, 0.29) is 5.91 Å². The number of nitrogens with one attached hydrogen (secondary N) is 1. The number of carbonyl (C=O) groups is 2. The highest BCUT2D eigenvalue weighted by molar-refractivity contribution is 5.78. The number of piperidine rings is 2. The fourth-order valence-electron chi connectivity index (χ4n) is 3.02. The summed E-state index contributed by atoms with van der Waals surface area (Å²) in [7, 11) is 0. The summed E-state index contributed by atoms with van der Waals surface area (Å²) in [6.45, 7) is 3.81. The lowest BCUT2D eigenvalue weighted by molar-refractivity contribution is -0.134. The Hall–Kier alpha value is -1.06. The van der Waals surface area contributed by atoms with Crippen LogP contribution in [0.2, 0.25) is 0 Å². The van der Waals surface area contributed by atoms with Crippen molar-refractivity contribution in [3.8, 4) is 0 Å². The van der Waals surface area contributed by atoms with Gasteiger partial charge < -0.3 is 10.2 Å². The van der Waals surface area contributed by atoms with E-state index in [0.717, 1.165) is 45.2 Å². The van der Waals surface area contributed by atoms with Gasteiger partial charge in [0.1, 0.15) is 0 Å². The molecule has 2 aliphatic heterocycles. The van der Waals surface area contributed by atoms with Crippen LogP contribution in [0.4, 0.5) is 0 Å². The summed E-state index contributed by atoms with van der Waals surface area (Å²) in [6.07, 6.45) is 6.49. The van der Waals surface area contributed by atoms with Gasteiger partial charge in [0.05, 0.1) is 0 Å². The number of unbranched alkanes of at least 4 members (excludes halogenated alkanes) is 2. The molecule has 2 amide bonds. The molecule has 2 rings (SSSR count). The van der Waals surface area contributed by atoms with Crippen molar-refractivity contribution in [2.24, 2.45) is 5.92 Å². The number of nitrogens with zero attached hydrogens (tertiary/aromatic N) is 1. The fraction of sp³-hybridized carbons (Fsp3) is 0.857. The molecule has 0 radical (unpaired) electrons. The zero-order valence-electron chi connectivity index (χ0n) is 11.3. The molecular formula is C14H24N2O2. The number of rotatable bonds is 4. The monoisotopic (exact) mass is 252 g/mol. The topological polar surface area (TPSA) is 49.4 Å². The van der Waals surface area contributed by atoms with Gasteiger partial charge in [-0.2, -0.15) is 0 Å². The van der Waals surface area contributed by atoms with E-state index in [1.165, 1.54) is 0 Å². The number of amides is 2. The Morgan fingerprint density at radius 2 is 2.22 bits per heavy atom. The Morgan fingerprint density at radius 1 is 1.39 bits per heavy atom. The first kappa shape index (κ1) is 13.4. The molecule has 2 heterocycles.